The van der Waals surface area contributed by atoms with Crippen molar-refractivity contribution in [3.05, 3.63) is 51.5 Å². The molecule has 128 valence electrons. The van der Waals surface area contributed by atoms with Crippen LogP contribution >= 0.6 is 11.3 Å². The summed E-state index contributed by atoms with van der Waals surface area (Å²) in [7, 11) is 0. The first-order valence-corrected chi connectivity index (χ1v) is 9.50. The third kappa shape index (κ3) is 4.02. The number of carbonyl (C=O) groups excluding carboxylic acids is 1. The maximum Gasteiger partial charge on any atom is 0.272 e. The van der Waals surface area contributed by atoms with Crippen LogP contribution in [0.1, 0.15) is 39.2 Å². The Labute approximate surface area is 148 Å². The van der Waals surface area contributed by atoms with Crippen molar-refractivity contribution in [2.24, 2.45) is 0 Å². The molecular weight excluding hydrogens is 318 g/mol. The second-order valence-corrected chi connectivity index (χ2v) is 7.57. The van der Waals surface area contributed by atoms with Crippen LogP contribution in [0.3, 0.4) is 0 Å². The third-order valence-electron chi connectivity index (χ3n) is 4.53. The molecule has 0 aromatic carbocycles. The Balaban J connectivity index is 1.60. The van der Waals surface area contributed by atoms with E-state index in [0.717, 1.165) is 51.1 Å². The van der Waals surface area contributed by atoms with Crippen molar-refractivity contribution < 1.29 is 4.79 Å². The Kier molecular flexibility index (Phi) is 5.63. The van der Waals surface area contributed by atoms with Gasteiger partial charge < -0.3 is 4.90 Å². The largest absolute Gasteiger partial charge is 0.336 e. The van der Waals surface area contributed by atoms with Crippen LogP contribution < -0.4 is 0 Å². The molecule has 0 unspecified atom stereocenters. The Morgan fingerprint density at radius 2 is 2.00 bits per heavy atom. The lowest BCUT2D eigenvalue weighted by Gasteiger charge is -2.22. The fraction of sp³-hybridized carbons (Fsp3) is 0.474. The highest BCUT2D eigenvalue weighted by Crippen LogP contribution is 2.20. The van der Waals surface area contributed by atoms with Crippen molar-refractivity contribution in [2.75, 3.05) is 26.2 Å². The van der Waals surface area contributed by atoms with Crippen molar-refractivity contribution in [3.63, 3.8) is 0 Å². The number of pyridine rings is 1. The number of nitrogens with zero attached hydrogens (tertiary/aromatic N) is 3. The van der Waals surface area contributed by atoms with Crippen LogP contribution in [0.4, 0.5) is 0 Å². The average Bonchev–Trinajstić information content (AvgIpc) is 2.92. The molecule has 0 spiro atoms. The molecule has 2 aromatic heterocycles. The predicted octanol–water partition coefficient (Wildman–Crippen LogP) is 3.36. The van der Waals surface area contributed by atoms with E-state index in [-0.39, 0.29) is 5.91 Å². The van der Waals surface area contributed by atoms with Crippen LogP contribution in [0.2, 0.25) is 0 Å². The molecule has 0 atom stereocenters. The van der Waals surface area contributed by atoms with Crippen LogP contribution in [-0.2, 0) is 13.0 Å². The van der Waals surface area contributed by atoms with E-state index in [2.05, 4.69) is 28.9 Å². The minimum Gasteiger partial charge on any atom is -0.336 e. The molecule has 1 saturated heterocycles. The van der Waals surface area contributed by atoms with Gasteiger partial charge in [-0.15, -0.1) is 11.3 Å². The first-order chi connectivity index (χ1) is 11.7. The molecule has 5 heteroatoms. The van der Waals surface area contributed by atoms with Crippen LogP contribution in [0, 0.1) is 6.92 Å². The van der Waals surface area contributed by atoms with Crippen LogP contribution in [0.15, 0.2) is 30.5 Å². The number of aryl methyl sites for hydroxylation is 2. The Bertz CT molecular complexity index is 697. The molecule has 4 nitrogen and oxygen atoms in total. The second kappa shape index (κ2) is 7.90. The van der Waals surface area contributed by atoms with Crippen molar-refractivity contribution in [1.82, 2.24) is 14.8 Å². The van der Waals surface area contributed by atoms with Gasteiger partial charge in [-0.2, -0.15) is 0 Å². The van der Waals surface area contributed by atoms with Gasteiger partial charge in [-0.1, -0.05) is 13.0 Å². The lowest BCUT2D eigenvalue weighted by molar-refractivity contribution is 0.0754. The smallest absolute Gasteiger partial charge is 0.272 e. The molecule has 0 aliphatic carbocycles. The summed E-state index contributed by atoms with van der Waals surface area (Å²) >= 11 is 1.91. The molecule has 1 aliphatic rings. The summed E-state index contributed by atoms with van der Waals surface area (Å²) in [5, 5.41) is 0. The lowest BCUT2D eigenvalue weighted by atomic mass is 10.2. The summed E-state index contributed by atoms with van der Waals surface area (Å²) in [6.07, 6.45) is 3.83. The van der Waals surface area contributed by atoms with Gasteiger partial charge in [0, 0.05) is 48.7 Å². The molecule has 1 amide bonds. The highest BCUT2D eigenvalue weighted by Gasteiger charge is 2.22. The minimum absolute atomic E-state index is 0.0688. The third-order valence-corrected chi connectivity index (χ3v) is 5.75. The van der Waals surface area contributed by atoms with E-state index < -0.39 is 0 Å². The highest BCUT2D eigenvalue weighted by atomic mass is 32.1. The van der Waals surface area contributed by atoms with Crippen molar-refractivity contribution >= 4 is 17.2 Å². The van der Waals surface area contributed by atoms with Crippen molar-refractivity contribution in [2.45, 2.75) is 33.2 Å². The zero-order valence-electron chi connectivity index (χ0n) is 14.5. The topological polar surface area (TPSA) is 36.4 Å². The van der Waals surface area contributed by atoms with E-state index in [1.54, 1.807) is 6.20 Å². The summed E-state index contributed by atoms with van der Waals surface area (Å²) in [6, 6.07) is 8.31. The number of hydrogen-bond donors (Lipinski definition) is 0. The van der Waals surface area contributed by atoms with E-state index >= 15 is 0 Å². The van der Waals surface area contributed by atoms with E-state index in [0.29, 0.717) is 5.69 Å². The van der Waals surface area contributed by atoms with Crippen molar-refractivity contribution in [1.29, 1.82) is 0 Å². The predicted molar refractivity (Wildman–Crippen MR) is 98.5 cm³/mol. The number of thiophene rings is 1. The second-order valence-electron chi connectivity index (χ2n) is 6.31. The van der Waals surface area contributed by atoms with Crippen molar-refractivity contribution in [3.8, 4) is 0 Å². The van der Waals surface area contributed by atoms with E-state index in [1.807, 2.05) is 35.3 Å². The quantitative estimate of drug-likeness (QED) is 0.854. The SMILES string of the molecule is CCc1ccc(CN2CCCN(C(=O)c3ncccc3C)CC2)s1. The fourth-order valence-electron chi connectivity index (χ4n) is 3.11. The zero-order valence-corrected chi connectivity index (χ0v) is 15.3. The molecule has 0 bridgehead atoms. The normalized spacial score (nSPS) is 16.2. The van der Waals surface area contributed by atoms with Crippen LogP contribution in [0.5, 0.6) is 0 Å². The number of hydrogen-bond acceptors (Lipinski definition) is 4. The molecule has 3 rings (SSSR count). The lowest BCUT2D eigenvalue weighted by Crippen LogP contribution is -2.35. The summed E-state index contributed by atoms with van der Waals surface area (Å²) in [4.78, 5) is 24.3. The fourth-order valence-corrected chi connectivity index (χ4v) is 4.11. The van der Waals surface area contributed by atoms with Gasteiger partial charge in [0.05, 0.1) is 0 Å². The Hall–Kier alpha value is -1.72. The van der Waals surface area contributed by atoms with Gasteiger partial charge in [0.25, 0.3) is 5.91 Å². The van der Waals surface area contributed by atoms with Gasteiger partial charge in [0.15, 0.2) is 0 Å². The summed E-state index contributed by atoms with van der Waals surface area (Å²) in [5.74, 6) is 0.0688. The molecular formula is C19H25N3OS. The van der Waals surface area contributed by atoms with Gasteiger partial charge in [0.2, 0.25) is 0 Å². The molecule has 0 saturated carbocycles. The number of carbonyl (C=O) groups is 1. The van der Waals surface area contributed by atoms with E-state index in [9.17, 15) is 4.79 Å². The van der Waals surface area contributed by atoms with Crippen LogP contribution in [0.25, 0.3) is 0 Å². The van der Waals surface area contributed by atoms with Gasteiger partial charge in [-0.25, -0.2) is 0 Å². The minimum atomic E-state index is 0.0688. The first kappa shape index (κ1) is 17.1. The molecule has 0 N–H and O–H groups in total. The summed E-state index contributed by atoms with van der Waals surface area (Å²) < 4.78 is 0. The molecule has 1 fully saturated rings. The highest BCUT2D eigenvalue weighted by molar-refractivity contribution is 7.11. The van der Waals surface area contributed by atoms with Gasteiger partial charge in [-0.05, 0) is 43.5 Å². The number of amides is 1. The maximum atomic E-state index is 12.7. The maximum absolute atomic E-state index is 12.7. The number of aromatic nitrogens is 1. The van der Waals surface area contributed by atoms with Gasteiger partial charge in [0.1, 0.15) is 5.69 Å². The molecule has 0 radical (unpaired) electrons. The summed E-state index contributed by atoms with van der Waals surface area (Å²) in [6.45, 7) is 8.71. The standard InChI is InChI=1S/C19H25N3OS/c1-3-16-7-8-17(24-16)14-21-10-5-11-22(13-12-21)19(23)18-15(2)6-4-9-20-18/h4,6-9H,3,5,10-14H2,1-2H3. The Morgan fingerprint density at radius 1 is 1.17 bits per heavy atom. The number of rotatable bonds is 4. The first-order valence-electron chi connectivity index (χ1n) is 8.68. The molecule has 2 aromatic rings. The Morgan fingerprint density at radius 3 is 2.75 bits per heavy atom. The van der Waals surface area contributed by atoms with Gasteiger partial charge in [-0.3, -0.25) is 14.7 Å². The van der Waals surface area contributed by atoms with Crippen LogP contribution in [-0.4, -0.2) is 46.9 Å². The molecule has 3 heterocycles. The molecule has 24 heavy (non-hydrogen) atoms. The van der Waals surface area contributed by atoms with Gasteiger partial charge >= 0.3 is 0 Å². The van der Waals surface area contributed by atoms with E-state index in [4.69, 9.17) is 0 Å². The molecule has 1 aliphatic heterocycles. The average molecular weight is 343 g/mol. The van der Waals surface area contributed by atoms with E-state index in [1.165, 1.54) is 9.75 Å². The monoisotopic (exact) mass is 343 g/mol. The summed E-state index contributed by atoms with van der Waals surface area (Å²) in [5.41, 5.74) is 1.55. The zero-order chi connectivity index (χ0) is 16.9.